The van der Waals surface area contributed by atoms with Crippen molar-refractivity contribution in [1.82, 2.24) is 4.90 Å². The Morgan fingerprint density at radius 1 is 1.15 bits per heavy atom. The van der Waals surface area contributed by atoms with Gasteiger partial charge in [0.1, 0.15) is 0 Å². The van der Waals surface area contributed by atoms with Gasteiger partial charge in [-0.1, -0.05) is 6.92 Å². The summed E-state index contributed by atoms with van der Waals surface area (Å²) in [5.74, 6) is 0.297. The third-order valence-electron chi connectivity index (χ3n) is 5.40. The van der Waals surface area contributed by atoms with Gasteiger partial charge in [0.15, 0.2) is 0 Å². The summed E-state index contributed by atoms with van der Waals surface area (Å²) in [6.07, 6.45) is 0.941. The molecule has 2 saturated heterocycles. The van der Waals surface area contributed by atoms with Gasteiger partial charge in [-0.3, -0.25) is 9.69 Å². The van der Waals surface area contributed by atoms with E-state index in [9.17, 15) is 18.0 Å². The Kier molecular flexibility index (Phi) is 6.29. The van der Waals surface area contributed by atoms with Crippen LogP contribution in [0.5, 0.6) is 0 Å². The number of nitrogens with zero attached hydrogens (tertiary/aromatic N) is 2. The summed E-state index contributed by atoms with van der Waals surface area (Å²) in [4.78, 5) is 16.7. The standard InChI is InChI=1S/C20H28F3N3O/c1-15-6-5-9-25(13-15)14-19(27)24-17-12-16(20(21,22)23)7-8-18(17)26-10-3-2-4-11-26/h7-8,12,15H,2-6,9-11,13-14H2,1H3,(H,24,27). The molecule has 4 nitrogen and oxygen atoms in total. The number of benzene rings is 1. The molecule has 0 radical (unpaired) electrons. The molecule has 1 N–H and O–H groups in total. The lowest BCUT2D eigenvalue weighted by Crippen LogP contribution is -2.40. The summed E-state index contributed by atoms with van der Waals surface area (Å²) >= 11 is 0. The number of halogens is 3. The van der Waals surface area contributed by atoms with Crippen LogP contribution in [0.25, 0.3) is 0 Å². The summed E-state index contributed by atoms with van der Waals surface area (Å²) in [6.45, 7) is 5.70. The molecule has 1 atom stereocenters. The number of nitrogens with one attached hydrogen (secondary N) is 1. The molecule has 150 valence electrons. The van der Waals surface area contributed by atoms with E-state index >= 15 is 0 Å². The monoisotopic (exact) mass is 383 g/mol. The number of carbonyl (C=O) groups is 1. The second-order valence-electron chi connectivity index (χ2n) is 7.81. The zero-order valence-corrected chi connectivity index (χ0v) is 15.8. The zero-order valence-electron chi connectivity index (χ0n) is 15.8. The first-order chi connectivity index (χ1) is 12.8. The molecule has 2 heterocycles. The minimum absolute atomic E-state index is 0.222. The van der Waals surface area contributed by atoms with Crippen LogP contribution >= 0.6 is 0 Å². The van der Waals surface area contributed by atoms with Crippen molar-refractivity contribution in [3.05, 3.63) is 23.8 Å². The first kappa shape index (κ1) is 20.0. The molecule has 1 unspecified atom stereocenters. The van der Waals surface area contributed by atoms with Gasteiger partial charge in [-0.15, -0.1) is 0 Å². The number of piperidine rings is 2. The van der Waals surface area contributed by atoms with Crippen molar-refractivity contribution < 1.29 is 18.0 Å². The maximum atomic E-state index is 13.2. The Bertz CT molecular complexity index is 656. The summed E-state index contributed by atoms with van der Waals surface area (Å²) in [5, 5.41) is 2.76. The van der Waals surface area contributed by atoms with Crippen LogP contribution in [-0.2, 0) is 11.0 Å². The molecule has 1 aromatic rings. The number of rotatable bonds is 4. The Balaban J connectivity index is 1.76. The zero-order chi connectivity index (χ0) is 19.4. The van der Waals surface area contributed by atoms with Crippen LogP contribution in [0.3, 0.4) is 0 Å². The van der Waals surface area contributed by atoms with Crippen molar-refractivity contribution >= 4 is 17.3 Å². The predicted molar refractivity (Wildman–Crippen MR) is 101 cm³/mol. The number of anilines is 2. The third kappa shape index (κ3) is 5.37. The van der Waals surface area contributed by atoms with Crippen LogP contribution < -0.4 is 10.2 Å². The number of hydrogen-bond donors (Lipinski definition) is 1. The molecule has 0 aromatic heterocycles. The van der Waals surface area contributed by atoms with Crippen LogP contribution in [0.1, 0.15) is 44.6 Å². The average molecular weight is 383 g/mol. The van der Waals surface area contributed by atoms with Crippen molar-refractivity contribution in [3.63, 3.8) is 0 Å². The van der Waals surface area contributed by atoms with Gasteiger partial charge in [-0.25, -0.2) is 0 Å². The van der Waals surface area contributed by atoms with Gasteiger partial charge in [-0.2, -0.15) is 13.2 Å². The van der Waals surface area contributed by atoms with Gasteiger partial charge in [-0.05, 0) is 62.8 Å². The molecule has 3 rings (SSSR count). The van der Waals surface area contributed by atoms with E-state index in [1.165, 1.54) is 6.07 Å². The smallest absolute Gasteiger partial charge is 0.370 e. The highest BCUT2D eigenvalue weighted by Gasteiger charge is 2.32. The number of alkyl halides is 3. The average Bonchev–Trinajstić information content (AvgIpc) is 2.61. The number of hydrogen-bond acceptors (Lipinski definition) is 3. The van der Waals surface area contributed by atoms with Crippen LogP contribution in [0.4, 0.5) is 24.5 Å². The van der Waals surface area contributed by atoms with E-state index in [-0.39, 0.29) is 18.1 Å². The topological polar surface area (TPSA) is 35.6 Å². The lowest BCUT2D eigenvalue weighted by Gasteiger charge is -2.32. The highest BCUT2D eigenvalue weighted by Crippen LogP contribution is 2.36. The largest absolute Gasteiger partial charge is 0.416 e. The minimum Gasteiger partial charge on any atom is -0.370 e. The normalized spacial score (nSPS) is 21.9. The maximum absolute atomic E-state index is 13.2. The van der Waals surface area contributed by atoms with E-state index in [2.05, 4.69) is 22.0 Å². The molecule has 2 aliphatic heterocycles. The van der Waals surface area contributed by atoms with Crippen molar-refractivity contribution in [2.45, 2.75) is 45.2 Å². The summed E-state index contributed by atoms with van der Waals surface area (Å²) in [6, 6.07) is 3.67. The fourth-order valence-electron chi connectivity index (χ4n) is 4.05. The Morgan fingerprint density at radius 2 is 1.89 bits per heavy atom. The number of amides is 1. The van der Waals surface area contributed by atoms with Crippen LogP contribution in [0.15, 0.2) is 18.2 Å². The number of likely N-dealkylation sites (tertiary alicyclic amines) is 1. The van der Waals surface area contributed by atoms with E-state index in [0.717, 1.165) is 70.4 Å². The van der Waals surface area contributed by atoms with Crippen molar-refractivity contribution in [2.75, 3.05) is 42.9 Å². The first-order valence-electron chi connectivity index (χ1n) is 9.81. The highest BCUT2D eigenvalue weighted by atomic mass is 19.4. The van der Waals surface area contributed by atoms with Gasteiger partial charge < -0.3 is 10.2 Å². The second-order valence-corrected chi connectivity index (χ2v) is 7.81. The molecule has 7 heteroatoms. The van der Waals surface area contributed by atoms with Crippen LogP contribution in [0, 0.1) is 5.92 Å². The Labute approximate surface area is 158 Å². The molecule has 1 aromatic carbocycles. The SMILES string of the molecule is CC1CCCN(CC(=O)Nc2cc(C(F)(F)F)ccc2N2CCCCC2)C1. The predicted octanol–water partition coefficient (Wildman–Crippen LogP) is 4.37. The van der Waals surface area contributed by atoms with Crippen molar-refractivity contribution in [1.29, 1.82) is 0 Å². The van der Waals surface area contributed by atoms with Crippen LogP contribution in [-0.4, -0.2) is 43.5 Å². The molecule has 0 saturated carbocycles. The molecule has 2 aliphatic rings. The lowest BCUT2D eigenvalue weighted by molar-refractivity contribution is -0.137. The van der Waals surface area contributed by atoms with Gasteiger partial charge in [0.05, 0.1) is 23.5 Å². The van der Waals surface area contributed by atoms with E-state index in [4.69, 9.17) is 0 Å². The molecule has 2 fully saturated rings. The second kappa shape index (κ2) is 8.50. The summed E-state index contributed by atoms with van der Waals surface area (Å²) in [5.41, 5.74) is 0.218. The van der Waals surface area contributed by atoms with Gasteiger partial charge in [0.2, 0.25) is 5.91 Å². The summed E-state index contributed by atoms with van der Waals surface area (Å²) in [7, 11) is 0. The molecule has 0 spiro atoms. The first-order valence-corrected chi connectivity index (χ1v) is 9.81. The summed E-state index contributed by atoms with van der Waals surface area (Å²) < 4.78 is 39.5. The Morgan fingerprint density at radius 3 is 2.56 bits per heavy atom. The minimum atomic E-state index is -4.43. The van der Waals surface area contributed by atoms with Gasteiger partial charge >= 0.3 is 6.18 Å². The maximum Gasteiger partial charge on any atom is 0.416 e. The van der Waals surface area contributed by atoms with E-state index in [1.54, 1.807) is 0 Å². The van der Waals surface area contributed by atoms with Gasteiger partial charge in [0.25, 0.3) is 0 Å². The molecule has 27 heavy (non-hydrogen) atoms. The highest BCUT2D eigenvalue weighted by molar-refractivity contribution is 5.95. The third-order valence-corrected chi connectivity index (χ3v) is 5.40. The molecular formula is C20H28F3N3O. The number of carbonyl (C=O) groups excluding carboxylic acids is 1. The van der Waals surface area contributed by atoms with E-state index in [0.29, 0.717) is 11.6 Å². The molecule has 1 amide bonds. The molecular weight excluding hydrogens is 355 g/mol. The van der Waals surface area contributed by atoms with Crippen molar-refractivity contribution in [2.24, 2.45) is 5.92 Å². The molecule has 0 aliphatic carbocycles. The van der Waals surface area contributed by atoms with E-state index < -0.39 is 11.7 Å². The fourth-order valence-corrected chi connectivity index (χ4v) is 4.05. The quantitative estimate of drug-likeness (QED) is 0.839. The van der Waals surface area contributed by atoms with Crippen molar-refractivity contribution in [3.8, 4) is 0 Å². The Hall–Kier alpha value is -1.76. The van der Waals surface area contributed by atoms with E-state index in [1.807, 2.05) is 0 Å². The fraction of sp³-hybridized carbons (Fsp3) is 0.650. The van der Waals surface area contributed by atoms with Crippen LogP contribution in [0.2, 0.25) is 0 Å². The molecule has 0 bridgehead atoms. The lowest BCUT2D eigenvalue weighted by atomic mass is 10.0. The van der Waals surface area contributed by atoms with Gasteiger partial charge in [0, 0.05) is 19.6 Å².